The molecule has 9 heterocycles. The van der Waals surface area contributed by atoms with E-state index in [0.29, 0.717) is 50.1 Å². The molecule has 2 bridgehead atoms. The number of likely N-dealkylation sites (tertiary alicyclic amines) is 1. The summed E-state index contributed by atoms with van der Waals surface area (Å²) in [5, 5.41) is 13.8. The van der Waals surface area contributed by atoms with Crippen LogP contribution >= 0.6 is 0 Å². The molecule has 4 saturated heterocycles. The first-order valence-electron chi connectivity index (χ1n) is 25.7. The molecular weight excluding hydrogens is 901 g/mol. The van der Waals surface area contributed by atoms with Crippen molar-refractivity contribution in [3.8, 4) is 11.3 Å². The molecule has 71 heavy (non-hydrogen) atoms. The Hall–Kier alpha value is -6.66. The van der Waals surface area contributed by atoms with Gasteiger partial charge in [-0.05, 0) is 119 Å². The second-order valence-corrected chi connectivity index (χ2v) is 20.9. The van der Waals surface area contributed by atoms with E-state index in [4.69, 9.17) is 4.98 Å². The summed E-state index contributed by atoms with van der Waals surface area (Å²) in [7, 11) is 1.98. The molecule has 0 radical (unpaired) electrons. The zero-order valence-electron chi connectivity index (χ0n) is 41.0. The van der Waals surface area contributed by atoms with Crippen molar-refractivity contribution >= 4 is 52.5 Å². The number of imide groups is 2. The first kappa shape index (κ1) is 46.7. The molecule has 18 heteroatoms. The van der Waals surface area contributed by atoms with Gasteiger partial charge in [-0.15, -0.1) is 0 Å². The standard InChI is InChI=1S/C53H64N12O6/c1-32-6-4-5-7-44-41(28-54-59(44)3)43-26-36(24-33(2)55-43)48(67)58-53-56-42-11-8-34(25-46(42)64(53)29-32)30-60-17-15-37(16-18-60)61-20-22-62(23-21-61)50(69)35-14-19-63(31-35)38-9-10-39-40(27-38)52(71)65(51(39)70)45-12-13-47(66)57-49(45)68/h8-11,24-28,32,35,37,45,53,56H,4-7,12-23,29-31H2,1-3H3,(H,58,67)(H,57,66,68)/t32-,35?,45?,53?/m1/s1. The van der Waals surface area contributed by atoms with Crippen molar-refractivity contribution in [2.24, 2.45) is 18.9 Å². The van der Waals surface area contributed by atoms with Gasteiger partial charge in [-0.2, -0.15) is 5.10 Å². The number of piperazine rings is 1. The van der Waals surface area contributed by atoms with E-state index in [1.165, 1.54) is 5.56 Å². The van der Waals surface area contributed by atoms with Gasteiger partial charge in [0.25, 0.3) is 17.7 Å². The number of piperidine rings is 2. The number of aromatic nitrogens is 3. The van der Waals surface area contributed by atoms with Gasteiger partial charge in [0, 0.05) is 100 Å². The summed E-state index contributed by atoms with van der Waals surface area (Å²) in [5.74, 6) is -1.81. The average molecular weight is 965 g/mol. The van der Waals surface area contributed by atoms with Crippen molar-refractivity contribution < 1.29 is 28.8 Å². The van der Waals surface area contributed by atoms with E-state index in [0.717, 1.165) is 122 Å². The van der Waals surface area contributed by atoms with Crippen LogP contribution < -0.4 is 25.8 Å². The van der Waals surface area contributed by atoms with E-state index in [2.05, 4.69) is 65.8 Å². The molecule has 6 amide bonds. The maximum absolute atomic E-state index is 14.0. The van der Waals surface area contributed by atoms with Gasteiger partial charge in [-0.3, -0.25) is 58.4 Å². The molecule has 2 aromatic carbocycles. The van der Waals surface area contributed by atoms with Gasteiger partial charge >= 0.3 is 0 Å². The van der Waals surface area contributed by atoms with Gasteiger partial charge in [0.2, 0.25) is 17.7 Å². The molecule has 4 aromatic rings. The largest absolute Gasteiger partial charge is 0.371 e. The van der Waals surface area contributed by atoms with Crippen LogP contribution in [-0.2, 0) is 34.4 Å². The Morgan fingerprint density at radius 3 is 2.38 bits per heavy atom. The lowest BCUT2D eigenvalue weighted by molar-refractivity contribution is -0.137. The summed E-state index contributed by atoms with van der Waals surface area (Å²) < 4.78 is 1.94. The summed E-state index contributed by atoms with van der Waals surface area (Å²) in [6.07, 6.45) is 8.66. The Morgan fingerprint density at radius 2 is 1.58 bits per heavy atom. The molecule has 11 rings (SSSR count). The number of fused-ring (bicyclic) bond motifs is 8. The molecule has 0 aliphatic carbocycles. The molecule has 3 unspecified atom stereocenters. The number of nitrogens with one attached hydrogen (secondary N) is 3. The maximum Gasteiger partial charge on any atom is 0.262 e. The highest BCUT2D eigenvalue weighted by atomic mass is 16.2. The lowest BCUT2D eigenvalue weighted by Crippen LogP contribution is -2.55. The van der Waals surface area contributed by atoms with Crippen molar-refractivity contribution in [1.82, 2.24) is 45.0 Å². The SMILES string of the molecule is Cc1cc2cc(n1)-c1cnn(C)c1CCCC[C@@H](C)CN1c3cc(CN4CCC(N5CCN(C(=O)C6CCN(c7ccc8c(c7)C(=O)N(C7CCC(=O)NC7=O)C8=O)C6)CC5)CC4)ccc3NC1NC2=O. The number of benzene rings is 2. The molecule has 2 aromatic heterocycles. The number of anilines is 3. The minimum absolute atomic E-state index is 0.0691. The minimum Gasteiger partial charge on any atom is -0.371 e. The molecule has 4 fully saturated rings. The Balaban J connectivity index is 0.667. The van der Waals surface area contributed by atoms with E-state index in [1.807, 2.05) is 47.9 Å². The lowest BCUT2D eigenvalue weighted by Gasteiger charge is -2.43. The third-order valence-corrected chi connectivity index (χ3v) is 16.1. The van der Waals surface area contributed by atoms with E-state index in [1.54, 1.807) is 12.1 Å². The van der Waals surface area contributed by atoms with Crippen LogP contribution in [-0.4, -0.2) is 147 Å². The Kier molecular flexibility index (Phi) is 12.6. The minimum atomic E-state index is -1.01. The van der Waals surface area contributed by atoms with Crippen LogP contribution in [0.1, 0.15) is 106 Å². The number of nitrogens with zero attached hydrogens (tertiary/aromatic N) is 9. The molecule has 18 nitrogen and oxygen atoms in total. The van der Waals surface area contributed by atoms with E-state index < -0.39 is 29.7 Å². The van der Waals surface area contributed by atoms with Gasteiger partial charge < -0.3 is 25.3 Å². The number of pyridine rings is 1. The Morgan fingerprint density at radius 1 is 0.775 bits per heavy atom. The number of aryl methyl sites for hydroxylation is 2. The van der Waals surface area contributed by atoms with Crippen molar-refractivity contribution in [2.45, 2.75) is 96.6 Å². The zero-order valence-corrected chi connectivity index (χ0v) is 41.0. The molecule has 3 N–H and O–H groups in total. The second-order valence-electron chi connectivity index (χ2n) is 20.9. The van der Waals surface area contributed by atoms with Crippen LogP contribution in [0, 0.1) is 18.8 Å². The number of carbonyl (C=O) groups excluding carboxylic acids is 6. The normalized spacial score (nSPS) is 24.7. The summed E-state index contributed by atoms with van der Waals surface area (Å²) >= 11 is 0. The first-order chi connectivity index (χ1) is 34.3. The summed E-state index contributed by atoms with van der Waals surface area (Å²) in [6.45, 7) is 12.2. The van der Waals surface area contributed by atoms with Gasteiger partial charge in [-0.1, -0.05) is 19.4 Å². The fraction of sp³-hybridized carbons (Fsp3) is 0.509. The summed E-state index contributed by atoms with van der Waals surface area (Å²) in [5.41, 5.74) is 8.96. The van der Waals surface area contributed by atoms with Crippen LogP contribution in [0.15, 0.2) is 54.7 Å². The van der Waals surface area contributed by atoms with Crippen LogP contribution in [0.3, 0.4) is 0 Å². The molecule has 0 saturated carbocycles. The lowest BCUT2D eigenvalue weighted by atomic mass is 10.00. The van der Waals surface area contributed by atoms with Crippen molar-refractivity contribution in [1.29, 1.82) is 0 Å². The number of rotatable bonds is 6. The summed E-state index contributed by atoms with van der Waals surface area (Å²) in [4.78, 5) is 96.2. The van der Waals surface area contributed by atoms with Crippen LogP contribution in [0.2, 0.25) is 0 Å². The fourth-order valence-electron chi connectivity index (χ4n) is 12.2. The van der Waals surface area contributed by atoms with Crippen molar-refractivity contribution in [3.05, 3.63) is 88.4 Å². The van der Waals surface area contributed by atoms with Crippen LogP contribution in [0.5, 0.6) is 0 Å². The van der Waals surface area contributed by atoms with Crippen molar-refractivity contribution in [2.75, 3.05) is 74.0 Å². The van der Waals surface area contributed by atoms with E-state index >= 15 is 0 Å². The molecule has 372 valence electrons. The van der Waals surface area contributed by atoms with Crippen LogP contribution in [0.25, 0.3) is 11.3 Å². The smallest absolute Gasteiger partial charge is 0.262 e. The van der Waals surface area contributed by atoms with E-state index in [-0.39, 0.29) is 48.0 Å². The monoisotopic (exact) mass is 965 g/mol. The molecule has 7 aliphatic rings. The molecule has 7 aliphatic heterocycles. The number of carbonyl (C=O) groups is 6. The molecule has 0 spiro atoms. The van der Waals surface area contributed by atoms with Gasteiger partial charge in [0.05, 0.1) is 40.3 Å². The highest BCUT2D eigenvalue weighted by molar-refractivity contribution is 6.23. The molecular formula is C53H64N12O6. The number of amides is 6. The van der Waals surface area contributed by atoms with Crippen molar-refractivity contribution in [3.63, 3.8) is 0 Å². The van der Waals surface area contributed by atoms with Gasteiger partial charge in [-0.25, -0.2) is 0 Å². The average Bonchev–Trinajstić information content (AvgIpc) is 4.14. The zero-order chi connectivity index (χ0) is 49.1. The van der Waals surface area contributed by atoms with Gasteiger partial charge in [0.1, 0.15) is 6.04 Å². The first-order valence-corrected chi connectivity index (χ1v) is 25.7. The third kappa shape index (κ3) is 9.16. The van der Waals surface area contributed by atoms with E-state index in [9.17, 15) is 28.8 Å². The topological polar surface area (TPSA) is 189 Å². The number of hydrogen-bond acceptors (Lipinski definition) is 13. The third-order valence-electron chi connectivity index (χ3n) is 16.1. The Bertz CT molecular complexity index is 2790. The number of hydrogen-bond donors (Lipinski definition) is 3. The molecule has 4 atom stereocenters. The Labute approximate surface area is 414 Å². The highest BCUT2D eigenvalue weighted by Crippen LogP contribution is 2.38. The second kappa shape index (κ2) is 19.2. The maximum atomic E-state index is 14.0. The fourth-order valence-corrected chi connectivity index (χ4v) is 12.2. The highest BCUT2D eigenvalue weighted by Gasteiger charge is 2.45. The van der Waals surface area contributed by atoms with Gasteiger partial charge in [0.15, 0.2) is 6.29 Å². The summed E-state index contributed by atoms with van der Waals surface area (Å²) in [6, 6.07) is 15.1. The quantitative estimate of drug-likeness (QED) is 0.235. The predicted octanol–water partition coefficient (Wildman–Crippen LogP) is 4.13. The van der Waals surface area contributed by atoms with Crippen LogP contribution in [0.4, 0.5) is 17.1 Å². The predicted molar refractivity (Wildman–Crippen MR) is 266 cm³/mol.